The van der Waals surface area contributed by atoms with Gasteiger partial charge in [0.1, 0.15) is 11.9 Å². The molecule has 0 amide bonds. The molecule has 3 N–H and O–H groups in total. The molecule has 2 heterocycles. The Morgan fingerprint density at radius 2 is 2.05 bits per heavy atom. The SMILES string of the molecule is CC(C)OC(=O)C(C)NP(=O)(OCCSC(=O)C(C)(C)C)OCC1CC(F)(Cl)C(n2ccc(N)nc2=O)O1. The van der Waals surface area contributed by atoms with Crippen LogP contribution in [0, 0.1) is 5.41 Å². The van der Waals surface area contributed by atoms with Gasteiger partial charge in [-0.2, -0.15) is 4.98 Å². The van der Waals surface area contributed by atoms with Gasteiger partial charge in [0.25, 0.3) is 0 Å². The molecule has 1 aliphatic heterocycles. The molecule has 2 rings (SSSR count). The molecular weight excluding hydrogens is 566 g/mol. The molecule has 0 spiro atoms. The number of hydrogen-bond donors (Lipinski definition) is 2. The average Bonchev–Trinajstić information content (AvgIpc) is 3.08. The fraction of sp³-hybridized carbons (Fsp3) is 0.727. The molecule has 16 heteroatoms. The lowest BCUT2D eigenvalue weighted by Gasteiger charge is -2.24. The van der Waals surface area contributed by atoms with E-state index in [2.05, 4.69) is 10.1 Å². The van der Waals surface area contributed by atoms with Crippen molar-refractivity contribution >= 4 is 48.0 Å². The van der Waals surface area contributed by atoms with Crippen LogP contribution >= 0.6 is 31.1 Å². The van der Waals surface area contributed by atoms with Crippen molar-refractivity contribution in [3.8, 4) is 0 Å². The Bertz CT molecular complexity index is 1100. The summed E-state index contributed by atoms with van der Waals surface area (Å²) in [5, 5.41) is -0.0922. The zero-order chi connectivity index (χ0) is 28.9. The van der Waals surface area contributed by atoms with Crippen molar-refractivity contribution < 1.29 is 37.1 Å². The first-order chi connectivity index (χ1) is 17.4. The molecule has 38 heavy (non-hydrogen) atoms. The van der Waals surface area contributed by atoms with Crippen LogP contribution in [0.25, 0.3) is 0 Å². The number of nitrogen functional groups attached to an aromatic ring is 1. The highest BCUT2D eigenvalue weighted by Crippen LogP contribution is 2.48. The van der Waals surface area contributed by atoms with Gasteiger partial charge >= 0.3 is 19.4 Å². The summed E-state index contributed by atoms with van der Waals surface area (Å²) in [5.41, 5.74) is 4.04. The summed E-state index contributed by atoms with van der Waals surface area (Å²) in [4.78, 5) is 40.1. The van der Waals surface area contributed by atoms with Crippen molar-refractivity contribution in [2.24, 2.45) is 5.41 Å². The van der Waals surface area contributed by atoms with Crippen LogP contribution in [0.3, 0.4) is 0 Å². The van der Waals surface area contributed by atoms with E-state index >= 15 is 4.39 Å². The molecule has 0 saturated carbocycles. The van der Waals surface area contributed by atoms with Crippen LogP contribution in [-0.4, -0.2) is 63.0 Å². The van der Waals surface area contributed by atoms with Crippen molar-refractivity contribution in [3.05, 3.63) is 22.7 Å². The Balaban J connectivity index is 2.10. The maximum absolute atomic E-state index is 15.1. The lowest BCUT2D eigenvalue weighted by atomic mass is 10.00. The van der Waals surface area contributed by atoms with E-state index in [1.54, 1.807) is 34.6 Å². The minimum absolute atomic E-state index is 0.0557. The van der Waals surface area contributed by atoms with Crippen LogP contribution < -0.4 is 16.5 Å². The molecule has 1 saturated heterocycles. The number of rotatable bonds is 12. The molecule has 0 aliphatic carbocycles. The fourth-order valence-electron chi connectivity index (χ4n) is 3.13. The third kappa shape index (κ3) is 9.58. The van der Waals surface area contributed by atoms with Gasteiger partial charge in [-0.15, -0.1) is 0 Å². The minimum atomic E-state index is -4.19. The maximum atomic E-state index is 15.1. The molecule has 5 atom stereocenters. The topological polar surface area (TPSA) is 161 Å². The van der Waals surface area contributed by atoms with Gasteiger partial charge in [-0.05, 0) is 26.8 Å². The van der Waals surface area contributed by atoms with Gasteiger partial charge in [-0.1, -0.05) is 44.1 Å². The van der Waals surface area contributed by atoms with E-state index in [4.69, 9.17) is 35.9 Å². The number of carbonyl (C=O) groups excluding carboxylic acids is 2. The van der Waals surface area contributed by atoms with Crippen molar-refractivity contribution in [1.82, 2.24) is 14.6 Å². The number of nitrogens with one attached hydrogen (secondary N) is 1. The minimum Gasteiger partial charge on any atom is -0.462 e. The summed E-state index contributed by atoms with van der Waals surface area (Å²) in [6, 6.07) is 0.199. The Kier molecular flexibility index (Phi) is 11.4. The number of carbonyl (C=O) groups is 2. The Labute approximate surface area is 230 Å². The summed E-state index contributed by atoms with van der Waals surface area (Å²) < 4.78 is 51.1. The van der Waals surface area contributed by atoms with Gasteiger partial charge in [-0.25, -0.2) is 18.8 Å². The van der Waals surface area contributed by atoms with E-state index in [-0.39, 0.29) is 23.3 Å². The third-order valence-corrected chi connectivity index (χ3v) is 8.27. The quantitative estimate of drug-likeness (QED) is 0.156. The van der Waals surface area contributed by atoms with E-state index in [1.807, 2.05) is 0 Å². The second-order valence-electron chi connectivity index (χ2n) is 9.97. The Morgan fingerprint density at radius 1 is 1.39 bits per heavy atom. The number of hydrogen-bond acceptors (Lipinski definition) is 11. The largest absolute Gasteiger partial charge is 0.462 e. The van der Waals surface area contributed by atoms with Crippen molar-refractivity contribution in [2.45, 2.75) is 77.6 Å². The van der Waals surface area contributed by atoms with E-state index in [0.717, 1.165) is 16.3 Å². The first-order valence-electron chi connectivity index (χ1n) is 11.9. The fourth-order valence-corrected chi connectivity index (χ4v) is 5.87. The highest BCUT2D eigenvalue weighted by atomic mass is 35.5. The van der Waals surface area contributed by atoms with Crippen LogP contribution in [0.5, 0.6) is 0 Å². The van der Waals surface area contributed by atoms with E-state index in [9.17, 15) is 18.9 Å². The van der Waals surface area contributed by atoms with Gasteiger partial charge in [0.2, 0.25) is 5.13 Å². The second kappa shape index (κ2) is 13.2. The molecule has 0 aromatic carbocycles. The molecule has 0 radical (unpaired) electrons. The second-order valence-corrected chi connectivity index (χ2v) is 13.4. The molecule has 0 bridgehead atoms. The molecule has 1 aromatic heterocycles. The number of ether oxygens (including phenoxy) is 2. The Hall–Kier alpha value is -1.54. The van der Waals surface area contributed by atoms with E-state index in [0.29, 0.717) is 0 Å². The molecule has 1 aliphatic rings. The molecule has 5 unspecified atom stereocenters. The zero-order valence-electron chi connectivity index (χ0n) is 22.1. The number of anilines is 1. The summed E-state index contributed by atoms with van der Waals surface area (Å²) >= 11 is 6.99. The van der Waals surface area contributed by atoms with Crippen LogP contribution in [0.1, 0.15) is 54.2 Å². The predicted octanol–water partition coefficient (Wildman–Crippen LogP) is 3.39. The molecule has 1 fully saturated rings. The molecular formula is C22H35ClFN4O8PS. The van der Waals surface area contributed by atoms with E-state index in [1.165, 1.54) is 19.2 Å². The first-order valence-corrected chi connectivity index (χ1v) is 14.8. The zero-order valence-corrected chi connectivity index (χ0v) is 24.6. The van der Waals surface area contributed by atoms with Crippen LogP contribution in [0.2, 0.25) is 0 Å². The van der Waals surface area contributed by atoms with Crippen molar-refractivity contribution in [3.63, 3.8) is 0 Å². The number of esters is 1. The highest BCUT2D eigenvalue weighted by molar-refractivity contribution is 8.13. The maximum Gasteiger partial charge on any atom is 0.406 e. The summed E-state index contributed by atoms with van der Waals surface area (Å²) in [5.74, 6) is -0.583. The molecule has 216 valence electrons. The number of thioether (sulfide) groups is 1. The monoisotopic (exact) mass is 600 g/mol. The predicted molar refractivity (Wildman–Crippen MR) is 141 cm³/mol. The number of alkyl halides is 2. The van der Waals surface area contributed by atoms with Gasteiger partial charge in [0, 0.05) is 23.8 Å². The third-order valence-electron chi connectivity index (χ3n) is 4.96. The number of halogens is 2. The first kappa shape index (κ1) is 32.7. The standard InChI is InChI=1S/C22H35ClFN4O8PS/c1-13(2)35-17(29)14(3)27-37(32,33-9-10-38-19(30)21(4,5)6)34-12-15-11-22(23,24)18(36-15)28-8-7-16(25)26-20(28)31/h7-8,13-15,18H,9-12H2,1-6H3,(H,27,32)(H2,25,26,31). The van der Waals surface area contributed by atoms with Crippen LogP contribution in [-0.2, 0) is 32.7 Å². The van der Waals surface area contributed by atoms with Gasteiger partial charge in [-0.3, -0.25) is 23.2 Å². The van der Waals surface area contributed by atoms with Crippen LogP contribution in [0.4, 0.5) is 10.2 Å². The number of aromatic nitrogens is 2. The molecule has 1 aromatic rings. The van der Waals surface area contributed by atoms with Gasteiger partial charge in [0.05, 0.1) is 25.4 Å². The molecule has 12 nitrogen and oxygen atoms in total. The highest BCUT2D eigenvalue weighted by Gasteiger charge is 2.50. The van der Waals surface area contributed by atoms with E-state index < -0.39 is 67.5 Å². The average molecular weight is 601 g/mol. The smallest absolute Gasteiger partial charge is 0.406 e. The summed E-state index contributed by atoms with van der Waals surface area (Å²) in [7, 11) is -4.19. The van der Waals surface area contributed by atoms with Crippen LogP contribution in [0.15, 0.2) is 17.1 Å². The summed E-state index contributed by atoms with van der Waals surface area (Å²) in [6.07, 6.45) is -2.23. The van der Waals surface area contributed by atoms with Gasteiger partial charge in [0.15, 0.2) is 11.3 Å². The van der Waals surface area contributed by atoms with Gasteiger partial charge < -0.3 is 15.2 Å². The number of nitrogens with zero attached hydrogens (tertiary/aromatic N) is 2. The van der Waals surface area contributed by atoms with Crippen molar-refractivity contribution in [1.29, 1.82) is 0 Å². The lowest BCUT2D eigenvalue weighted by Crippen LogP contribution is -2.36. The Morgan fingerprint density at radius 3 is 2.63 bits per heavy atom. The number of nitrogens with two attached hydrogens (primary N) is 1. The lowest BCUT2D eigenvalue weighted by molar-refractivity contribution is -0.149. The normalized spacial score (nSPS) is 24.2. The van der Waals surface area contributed by atoms with Crippen molar-refractivity contribution in [2.75, 3.05) is 24.7 Å². The summed E-state index contributed by atoms with van der Waals surface area (Å²) in [6.45, 7) is 9.42.